The molecule has 1 saturated heterocycles. The van der Waals surface area contributed by atoms with E-state index in [1.54, 1.807) is 17.0 Å². The molecule has 1 aliphatic rings. The molecule has 116 valence electrons. The van der Waals surface area contributed by atoms with Crippen LogP contribution in [0, 0.1) is 5.92 Å². The summed E-state index contributed by atoms with van der Waals surface area (Å²) in [5.74, 6) is -0.120. The summed E-state index contributed by atoms with van der Waals surface area (Å²) in [7, 11) is -3.70. The Hall–Kier alpha value is -1.71. The summed E-state index contributed by atoms with van der Waals surface area (Å²) >= 11 is 0. The lowest BCUT2D eigenvalue weighted by atomic mass is 9.98. The Morgan fingerprint density at radius 3 is 2.86 bits per heavy atom. The zero-order valence-electron chi connectivity index (χ0n) is 11.5. The van der Waals surface area contributed by atoms with E-state index in [0.717, 1.165) is 12.8 Å². The molecule has 1 unspecified atom stereocenters. The van der Waals surface area contributed by atoms with E-state index < -0.39 is 10.2 Å². The molecule has 1 aliphatic heterocycles. The zero-order chi connectivity index (χ0) is 15.5. The molecule has 21 heavy (non-hydrogen) atoms. The van der Waals surface area contributed by atoms with Crippen LogP contribution in [0.15, 0.2) is 18.3 Å². The Balaban J connectivity index is 1.97. The number of rotatable bonds is 4. The molecular formula is C12H19N5O3S. The van der Waals surface area contributed by atoms with Gasteiger partial charge in [0.15, 0.2) is 0 Å². The first-order valence-electron chi connectivity index (χ1n) is 6.63. The summed E-state index contributed by atoms with van der Waals surface area (Å²) in [6.45, 7) is 1.35. The van der Waals surface area contributed by atoms with Gasteiger partial charge in [0.2, 0.25) is 0 Å². The second-order valence-corrected chi connectivity index (χ2v) is 6.51. The second kappa shape index (κ2) is 6.37. The maximum absolute atomic E-state index is 12.3. The fraction of sp³-hybridized carbons (Fsp3) is 0.500. The molecule has 0 saturated carbocycles. The number of hydrogen-bond acceptors (Lipinski definition) is 5. The highest BCUT2D eigenvalue weighted by molar-refractivity contribution is 7.87. The van der Waals surface area contributed by atoms with E-state index >= 15 is 0 Å². The first-order chi connectivity index (χ1) is 9.85. The molecule has 0 bridgehead atoms. The molecule has 0 radical (unpaired) electrons. The number of carbonyl (C=O) groups is 1. The van der Waals surface area contributed by atoms with Crippen molar-refractivity contribution in [2.45, 2.75) is 12.8 Å². The Morgan fingerprint density at radius 2 is 2.24 bits per heavy atom. The molecule has 1 aromatic rings. The Bertz CT molecular complexity index is 602. The molecule has 0 aromatic carbocycles. The number of nitrogen functional groups attached to an aromatic ring is 1. The number of pyridine rings is 1. The molecule has 1 amide bonds. The molecule has 2 heterocycles. The van der Waals surface area contributed by atoms with E-state index in [0.29, 0.717) is 24.5 Å². The predicted molar refractivity (Wildman–Crippen MR) is 78.4 cm³/mol. The lowest BCUT2D eigenvalue weighted by Crippen LogP contribution is -2.44. The summed E-state index contributed by atoms with van der Waals surface area (Å²) in [4.78, 5) is 18.0. The minimum atomic E-state index is -3.70. The van der Waals surface area contributed by atoms with Gasteiger partial charge in [-0.1, -0.05) is 0 Å². The first kappa shape index (κ1) is 15.7. The van der Waals surface area contributed by atoms with E-state index in [4.69, 9.17) is 10.9 Å². The first-order valence-corrected chi connectivity index (χ1v) is 8.18. The van der Waals surface area contributed by atoms with Crippen molar-refractivity contribution in [2.24, 2.45) is 11.1 Å². The SMILES string of the molecule is Nc1ccc(C(=O)N2CCCC(CNS(N)(=O)=O)C2)nc1. The third-order valence-electron chi connectivity index (χ3n) is 3.38. The number of amides is 1. The van der Waals surface area contributed by atoms with Crippen molar-refractivity contribution in [3.05, 3.63) is 24.0 Å². The molecule has 1 fully saturated rings. The highest BCUT2D eigenvalue weighted by Gasteiger charge is 2.25. The molecule has 8 nitrogen and oxygen atoms in total. The smallest absolute Gasteiger partial charge is 0.274 e. The third-order valence-corrected chi connectivity index (χ3v) is 3.95. The van der Waals surface area contributed by atoms with E-state index in [1.165, 1.54) is 6.20 Å². The van der Waals surface area contributed by atoms with Gasteiger partial charge in [-0.15, -0.1) is 0 Å². The molecule has 2 rings (SSSR count). The number of hydrogen-bond donors (Lipinski definition) is 3. The average Bonchev–Trinajstić information content (AvgIpc) is 2.45. The van der Waals surface area contributed by atoms with Gasteiger partial charge in [0.25, 0.3) is 16.1 Å². The van der Waals surface area contributed by atoms with Crippen LogP contribution in [0.5, 0.6) is 0 Å². The van der Waals surface area contributed by atoms with Gasteiger partial charge >= 0.3 is 0 Å². The Kier molecular flexibility index (Phi) is 4.76. The maximum atomic E-state index is 12.3. The van der Waals surface area contributed by atoms with Crippen LogP contribution >= 0.6 is 0 Å². The van der Waals surface area contributed by atoms with Crippen molar-refractivity contribution in [3.8, 4) is 0 Å². The van der Waals surface area contributed by atoms with Crippen molar-refractivity contribution in [3.63, 3.8) is 0 Å². The third kappa shape index (κ3) is 4.66. The number of aromatic nitrogens is 1. The van der Waals surface area contributed by atoms with Crippen LogP contribution < -0.4 is 15.6 Å². The van der Waals surface area contributed by atoms with E-state index in [2.05, 4.69) is 9.71 Å². The largest absolute Gasteiger partial charge is 0.397 e. The van der Waals surface area contributed by atoms with Crippen LogP contribution in [0.25, 0.3) is 0 Å². The Labute approximate surface area is 123 Å². The average molecular weight is 313 g/mol. The van der Waals surface area contributed by atoms with Gasteiger partial charge in [0.05, 0.1) is 11.9 Å². The zero-order valence-corrected chi connectivity index (χ0v) is 12.3. The molecule has 1 atom stereocenters. The number of nitrogens with one attached hydrogen (secondary N) is 1. The minimum absolute atomic E-state index is 0.0507. The number of likely N-dealkylation sites (tertiary alicyclic amines) is 1. The number of nitrogens with two attached hydrogens (primary N) is 2. The summed E-state index contributed by atoms with van der Waals surface area (Å²) in [6.07, 6.45) is 3.11. The number of piperidine rings is 1. The maximum Gasteiger partial charge on any atom is 0.274 e. The van der Waals surface area contributed by atoms with Crippen LogP contribution in [0.2, 0.25) is 0 Å². The lowest BCUT2D eigenvalue weighted by Gasteiger charge is -2.32. The van der Waals surface area contributed by atoms with E-state index in [1.807, 2.05) is 0 Å². The van der Waals surface area contributed by atoms with Crippen molar-refractivity contribution >= 4 is 21.8 Å². The van der Waals surface area contributed by atoms with Gasteiger partial charge in [-0.05, 0) is 30.9 Å². The monoisotopic (exact) mass is 313 g/mol. The summed E-state index contributed by atoms with van der Waals surface area (Å²) < 4.78 is 24.1. The molecule has 0 aliphatic carbocycles. The number of nitrogens with zero attached hydrogens (tertiary/aromatic N) is 2. The number of anilines is 1. The van der Waals surface area contributed by atoms with Gasteiger partial charge in [-0.25, -0.2) is 14.8 Å². The molecule has 1 aromatic heterocycles. The fourth-order valence-corrected chi connectivity index (χ4v) is 2.81. The van der Waals surface area contributed by atoms with Crippen LogP contribution in [0.4, 0.5) is 5.69 Å². The van der Waals surface area contributed by atoms with Gasteiger partial charge < -0.3 is 10.6 Å². The molecule has 9 heteroatoms. The van der Waals surface area contributed by atoms with Crippen LogP contribution in [-0.4, -0.2) is 43.8 Å². The second-order valence-electron chi connectivity index (χ2n) is 5.13. The van der Waals surface area contributed by atoms with Crippen LogP contribution in [0.1, 0.15) is 23.3 Å². The summed E-state index contributed by atoms with van der Waals surface area (Å²) in [5.41, 5.74) is 6.38. The number of carbonyl (C=O) groups excluding carboxylic acids is 1. The van der Waals surface area contributed by atoms with Gasteiger partial charge in [0.1, 0.15) is 5.69 Å². The predicted octanol–water partition coefficient (Wildman–Crippen LogP) is -0.691. The highest BCUT2D eigenvalue weighted by atomic mass is 32.2. The molecular weight excluding hydrogens is 294 g/mol. The highest BCUT2D eigenvalue weighted by Crippen LogP contribution is 2.18. The van der Waals surface area contributed by atoms with Gasteiger partial charge in [-0.2, -0.15) is 8.42 Å². The van der Waals surface area contributed by atoms with Crippen LogP contribution in [-0.2, 0) is 10.2 Å². The summed E-state index contributed by atoms with van der Waals surface area (Å²) in [5, 5.41) is 4.91. The normalized spacial score (nSPS) is 19.5. The van der Waals surface area contributed by atoms with Crippen molar-refractivity contribution in [1.29, 1.82) is 0 Å². The minimum Gasteiger partial charge on any atom is -0.397 e. The van der Waals surface area contributed by atoms with Gasteiger partial charge in [-0.3, -0.25) is 4.79 Å². The van der Waals surface area contributed by atoms with Crippen molar-refractivity contribution in [1.82, 2.24) is 14.6 Å². The molecule has 0 spiro atoms. The topological polar surface area (TPSA) is 131 Å². The molecule has 5 N–H and O–H groups in total. The Morgan fingerprint density at radius 1 is 1.48 bits per heavy atom. The van der Waals surface area contributed by atoms with Crippen molar-refractivity contribution < 1.29 is 13.2 Å². The van der Waals surface area contributed by atoms with E-state index in [-0.39, 0.29) is 18.4 Å². The lowest BCUT2D eigenvalue weighted by molar-refractivity contribution is 0.0670. The van der Waals surface area contributed by atoms with Crippen LogP contribution in [0.3, 0.4) is 0 Å². The van der Waals surface area contributed by atoms with E-state index in [9.17, 15) is 13.2 Å². The standard InChI is InChI=1S/C12H19N5O3S/c13-10-3-4-11(15-7-10)12(18)17-5-1-2-9(8-17)6-16-21(14,19)20/h3-4,7,9,16H,1-2,5-6,8,13H2,(H2,14,19,20). The quantitative estimate of drug-likeness (QED) is 0.677. The fourth-order valence-electron chi connectivity index (χ4n) is 2.34. The van der Waals surface area contributed by atoms with Crippen molar-refractivity contribution in [2.75, 3.05) is 25.4 Å². The van der Waals surface area contributed by atoms with Gasteiger partial charge in [0, 0.05) is 19.6 Å². The summed E-state index contributed by atoms with van der Waals surface area (Å²) in [6, 6.07) is 3.22.